The van der Waals surface area contributed by atoms with Crippen molar-refractivity contribution in [3.63, 3.8) is 0 Å². The molecular weight excluding hydrogens is 473 g/mol. The van der Waals surface area contributed by atoms with E-state index in [0.717, 1.165) is 57.0 Å². The van der Waals surface area contributed by atoms with Crippen LogP contribution in [0.2, 0.25) is 50.9 Å². The van der Waals surface area contributed by atoms with Gasteiger partial charge in [0.25, 0.3) is 0 Å². The molecule has 0 amide bonds. The van der Waals surface area contributed by atoms with Crippen molar-refractivity contribution in [3.8, 4) is 0 Å². The van der Waals surface area contributed by atoms with Gasteiger partial charge in [-0.05, 0) is 83.5 Å². The molecule has 0 fully saturated rings. The van der Waals surface area contributed by atoms with Gasteiger partial charge < -0.3 is 27.2 Å². The molecule has 196 valence electrons. The van der Waals surface area contributed by atoms with E-state index >= 15 is 0 Å². The normalized spacial score (nSPS) is 14.2. The monoisotopic (exact) mass is 522 g/mol. The molecule has 10 heteroatoms. The molecule has 0 bridgehead atoms. The van der Waals surface area contributed by atoms with E-state index in [4.69, 9.17) is 27.2 Å². The summed E-state index contributed by atoms with van der Waals surface area (Å²) >= 11 is 0. The fraction of sp³-hybridized carbons (Fsp3) is 0.870. The van der Waals surface area contributed by atoms with Gasteiger partial charge in [-0.2, -0.15) is 0 Å². The van der Waals surface area contributed by atoms with Crippen LogP contribution in [0.15, 0.2) is 12.2 Å². The Morgan fingerprint density at radius 1 is 0.697 bits per heavy atom. The maximum Gasteiger partial charge on any atom is 0.333 e. The highest BCUT2D eigenvalue weighted by atomic mass is 28.5. The van der Waals surface area contributed by atoms with E-state index < -0.39 is 25.2 Å². The third-order valence-corrected chi connectivity index (χ3v) is 17.5. The zero-order chi connectivity index (χ0) is 25.4. The molecule has 0 spiro atoms. The minimum absolute atomic E-state index is 0.324. The first-order chi connectivity index (χ1) is 15.4. The van der Waals surface area contributed by atoms with Crippen molar-refractivity contribution in [3.05, 3.63) is 12.2 Å². The Bertz CT molecular complexity index is 558. The lowest BCUT2D eigenvalue weighted by molar-refractivity contribution is -0.138. The Kier molecular flexibility index (Phi) is 17.0. The van der Waals surface area contributed by atoms with Crippen LogP contribution < -0.4 is 0 Å². The lowest BCUT2D eigenvalue weighted by Gasteiger charge is -2.41. The standard InChI is InChI=1S/C23H50O7Si3/c1-22(2)23(24)28-16-13-20-32(7,8)30-33(9,21-11-10-14-25-3)29-31(5,6)19-12-15-27-18-17-26-4/h1,10-21H2,2-9H3. The third kappa shape index (κ3) is 17.7. The molecule has 0 aromatic carbocycles. The van der Waals surface area contributed by atoms with Gasteiger partial charge in [-0.25, -0.2) is 4.79 Å². The minimum atomic E-state index is -2.37. The molecule has 1 unspecified atom stereocenters. The number of esters is 1. The lowest BCUT2D eigenvalue weighted by Crippen LogP contribution is -2.54. The highest BCUT2D eigenvalue weighted by Crippen LogP contribution is 2.30. The van der Waals surface area contributed by atoms with Gasteiger partial charge in [0, 0.05) is 33.0 Å². The van der Waals surface area contributed by atoms with Crippen LogP contribution in [0.5, 0.6) is 0 Å². The van der Waals surface area contributed by atoms with Crippen molar-refractivity contribution in [2.24, 2.45) is 0 Å². The zero-order valence-electron chi connectivity index (χ0n) is 22.6. The van der Waals surface area contributed by atoms with Crippen LogP contribution in [0.1, 0.15) is 32.6 Å². The van der Waals surface area contributed by atoms with Gasteiger partial charge in [0.1, 0.15) is 0 Å². The topological polar surface area (TPSA) is 72.5 Å². The van der Waals surface area contributed by atoms with Crippen LogP contribution in [0.4, 0.5) is 0 Å². The van der Waals surface area contributed by atoms with Gasteiger partial charge in [0.15, 0.2) is 16.6 Å². The Morgan fingerprint density at radius 2 is 1.24 bits per heavy atom. The quantitative estimate of drug-likeness (QED) is 0.0854. The summed E-state index contributed by atoms with van der Waals surface area (Å²) in [7, 11) is -2.83. The van der Waals surface area contributed by atoms with E-state index in [1.54, 1.807) is 21.1 Å². The summed E-state index contributed by atoms with van der Waals surface area (Å²) in [5.41, 5.74) is 0.434. The van der Waals surface area contributed by atoms with E-state index in [1.165, 1.54) is 0 Å². The SMILES string of the molecule is C=C(C)C(=O)OCCC[Si](C)(C)O[Si](C)(CCCCOC)O[Si](C)(C)CCCOCCOC. The van der Waals surface area contributed by atoms with E-state index in [1.807, 2.05) is 0 Å². The first-order valence-electron chi connectivity index (χ1n) is 12.1. The maximum absolute atomic E-state index is 11.6. The molecule has 0 aliphatic rings. The number of methoxy groups -OCH3 is 2. The van der Waals surface area contributed by atoms with Crippen molar-refractivity contribution in [1.82, 2.24) is 0 Å². The molecule has 0 aliphatic heterocycles. The van der Waals surface area contributed by atoms with Crippen LogP contribution >= 0.6 is 0 Å². The summed E-state index contributed by atoms with van der Waals surface area (Å²) < 4.78 is 35.0. The van der Waals surface area contributed by atoms with Gasteiger partial charge in [-0.1, -0.05) is 6.58 Å². The van der Waals surface area contributed by atoms with Crippen LogP contribution in [0.25, 0.3) is 0 Å². The number of carbonyl (C=O) groups is 1. The number of hydrogen-bond acceptors (Lipinski definition) is 7. The van der Waals surface area contributed by atoms with Crippen molar-refractivity contribution in [2.45, 2.75) is 83.5 Å². The van der Waals surface area contributed by atoms with Crippen LogP contribution in [-0.2, 0) is 32.0 Å². The summed E-state index contributed by atoms with van der Waals surface area (Å²) in [6.07, 6.45) is 3.85. The molecule has 0 radical (unpaired) electrons. The third-order valence-electron chi connectivity index (χ3n) is 5.22. The zero-order valence-corrected chi connectivity index (χ0v) is 25.6. The van der Waals surface area contributed by atoms with Crippen LogP contribution in [0, 0.1) is 0 Å². The molecule has 0 saturated heterocycles. The lowest BCUT2D eigenvalue weighted by atomic mass is 10.4. The highest BCUT2D eigenvalue weighted by Gasteiger charge is 2.42. The molecule has 1 atom stereocenters. The first kappa shape index (κ1) is 32.7. The van der Waals surface area contributed by atoms with Crippen molar-refractivity contribution >= 4 is 31.2 Å². The molecule has 0 aromatic rings. The fourth-order valence-corrected chi connectivity index (χ4v) is 18.1. The number of rotatable bonds is 21. The number of hydrogen-bond donors (Lipinski definition) is 0. The number of ether oxygens (including phenoxy) is 4. The molecule has 0 aliphatic carbocycles. The molecule has 0 aromatic heterocycles. The van der Waals surface area contributed by atoms with E-state index in [2.05, 4.69) is 39.3 Å². The second kappa shape index (κ2) is 17.1. The molecule has 0 N–H and O–H groups in total. The summed E-state index contributed by atoms with van der Waals surface area (Å²) in [6.45, 7) is 19.8. The minimum Gasteiger partial charge on any atom is -0.462 e. The van der Waals surface area contributed by atoms with Gasteiger partial charge in [-0.15, -0.1) is 0 Å². The largest absolute Gasteiger partial charge is 0.462 e. The molecule has 0 heterocycles. The average molecular weight is 523 g/mol. The molecule has 0 rings (SSSR count). The van der Waals surface area contributed by atoms with Crippen molar-refractivity contribution in [2.75, 3.05) is 47.3 Å². The maximum atomic E-state index is 11.6. The van der Waals surface area contributed by atoms with Crippen molar-refractivity contribution in [1.29, 1.82) is 0 Å². The number of unbranched alkanes of at least 4 members (excludes halogenated alkanes) is 1. The number of carbonyl (C=O) groups excluding carboxylic acids is 1. The van der Waals surface area contributed by atoms with Gasteiger partial charge >= 0.3 is 14.5 Å². The average Bonchev–Trinajstić information content (AvgIpc) is 2.70. The Balaban J connectivity index is 4.88. The fourth-order valence-electron chi connectivity index (χ4n) is 3.72. The second-order valence-corrected chi connectivity index (χ2v) is 22.5. The highest BCUT2D eigenvalue weighted by molar-refractivity contribution is 6.88. The van der Waals surface area contributed by atoms with Gasteiger partial charge in [0.05, 0.1) is 19.8 Å². The van der Waals surface area contributed by atoms with Gasteiger partial charge in [-0.3, -0.25) is 0 Å². The molecule has 7 nitrogen and oxygen atoms in total. The Labute approximate surface area is 206 Å². The molecule has 33 heavy (non-hydrogen) atoms. The predicted molar refractivity (Wildman–Crippen MR) is 142 cm³/mol. The van der Waals surface area contributed by atoms with E-state index in [9.17, 15) is 4.79 Å². The first-order valence-corrected chi connectivity index (χ1v) is 20.9. The Hall–Kier alpha value is -0.339. The predicted octanol–water partition coefficient (Wildman–Crippen LogP) is 5.49. The van der Waals surface area contributed by atoms with Gasteiger partial charge in [0.2, 0.25) is 0 Å². The Morgan fingerprint density at radius 3 is 1.76 bits per heavy atom. The smallest absolute Gasteiger partial charge is 0.333 e. The van der Waals surface area contributed by atoms with E-state index in [-0.39, 0.29) is 5.97 Å². The summed E-state index contributed by atoms with van der Waals surface area (Å²) in [4.78, 5) is 11.6. The van der Waals surface area contributed by atoms with Crippen LogP contribution in [-0.4, -0.2) is 78.4 Å². The summed E-state index contributed by atoms with van der Waals surface area (Å²) in [6, 6.07) is 2.94. The van der Waals surface area contributed by atoms with Crippen molar-refractivity contribution < 1.29 is 32.0 Å². The second-order valence-electron chi connectivity index (χ2n) is 10.0. The summed E-state index contributed by atoms with van der Waals surface area (Å²) in [5.74, 6) is -0.324. The summed E-state index contributed by atoms with van der Waals surface area (Å²) in [5, 5.41) is 0. The molecular formula is C23H50O7Si3. The van der Waals surface area contributed by atoms with E-state index in [0.29, 0.717) is 25.4 Å². The molecule has 0 saturated carbocycles. The van der Waals surface area contributed by atoms with Crippen LogP contribution in [0.3, 0.4) is 0 Å².